The summed E-state index contributed by atoms with van der Waals surface area (Å²) < 4.78 is 5.12. The van der Waals surface area contributed by atoms with Crippen LogP contribution in [0, 0.1) is 17.2 Å². The van der Waals surface area contributed by atoms with Crippen molar-refractivity contribution in [2.75, 3.05) is 0 Å². The maximum absolute atomic E-state index is 8.64. The summed E-state index contributed by atoms with van der Waals surface area (Å²) in [4.78, 5) is 0. The Hall–Kier alpha value is -1.30. The summed E-state index contributed by atoms with van der Waals surface area (Å²) in [5.41, 5.74) is 1.10. The Balaban J connectivity index is 2.29. The van der Waals surface area contributed by atoms with Crippen LogP contribution in [0.5, 0.6) is 0 Å². The third-order valence-corrected chi connectivity index (χ3v) is 1.91. The van der Waals surface area contributed by atoms with Gasteiger partial charge in [0.15, 0.2) is 0 Å². The monoisotopic (exact) mass is 143 g/mol. The van der Waals surface area contributed by atoms with Gasteiger partial charge in [0.1, 0.15) is 0 Å². The minimum absolute atomic E-state index is 0.157. The summed E-state index contributed by atoms with van der Waals surface area (Å²) >= 11 is 0. The molecule has 0 fully saturated rings. The minimum atomic E-state index is -0.314. The molecule has 11 heavy (non-hydrogen) atoms. The molecule has 0 aromatic carbocycles. The zero-order valence-corrected chi connectivity index (χ0v) is 5.90. The van der Waals surface area contributed by atoms with E-state index in [-0.39, 0.29) is 12.0 Å². The van der Waals surface area contributed by atoms with Gasteiger partial charge < -0.3 is 0 Å². The molecular weight excluding hydrogens is 137 g/mol. The number of hydrogen-bond acceptors (Lipinski definition) is 2. The van der Waals surface area contributed by atoms with Crippen LogP contribution in [0.25, 0.3) is 0 Å². The van der Waals surface area contributed by atoms with Crippen molar-refractivity contribution in [2.24, 2.45) is 5.92 Å². The van der Waals surface area contributed by atoms with Crippen LogP contribution in [-0.2, 0) is 4.65 Å². The molecule has 0 saturated heterocycles. The SMILES string of the molecule is N#CC1OB=C2C=CC=CC21. The van der Waals surface area contributed by atoms with Crippen LogP contribution in [0.15, 0.2) is 24.3 Å². The molecule has 0 aromatic rings. The van der Waals surface area contributed by atoms with Crippen LogP contribution >= 0.6 is 0 Å². The van der Waals surface area contributed by atoms with Gasteiger partial charge in [0.25, 0.3) is 0 Å². The summed E-state index contributed by atoms with van der Waals surface area (Å²) in [6, 6.07) is 2.10. The van der Waals surface area contributed by atoms with Crippen molar-refractivity contribution in [1.29, 1.82) is 5.26 Å². The van der Waals surface area contributed by atoms with E-state index >= 15 is 0 Å². The zero-order valence-electron chi connectivity index (χ0n) is 5.90. The predicted octanol–water partition coefficient (Wildman–Crippen LogP) is 0.443. The quantitative estimate of drug-likeness (QED) is 0.461. The average molecular weight is 143 g/mol. The molecule has 2 atom stereocenters. The molecule has 2 unspecified atom stereocenters. The van der Waals surface area contributed by atoms with Crippen LogP contribution in [0.1, 0.15) is 0 Å². The average Bonchev–Trinajstić information content (AvgIpc) is 2.47. The van der Waals surface area contributed by atoms with Gasteiger partial charge in [-0.15, -0.1) is 0 Å². The van der Waals surface area contributed by atoms with Crippen LogP contribution in [-0.4, -0.2) is 18.7 Å². The van der Waals surface area contributed by atoms with Crippen molar-refractivity contribution in [3.05, 3.63) is 24.3 Å². The molecule has 1 heterocycles. The first-order chi connectivity index (χ1) is 5.42. The van der Waals surface area contributed by atoms with Gasteiger partial charge >= 0.3 is 64.9 Å². The Kier molecular flexibility index (Phi) is 1.39. The number of fused-ring (bicyclic) bond motifs is 1. The third-order valence-electron chi connectivity index (χ3n) is 1.91. The second-order valence-corrected chi connectivity index (χ2v) is 2.57. The number of allylic oxidation sites excluding steroid dienone is 3. The van der Waals surface area contributed by atoms with E-state index in [2.05, 4.69) is 6.07 Å². The van der Waals surface area contributed by atoms with Gasteiger partial charge in [0.05, 0.1) is 0 Å². The second-order valence-electron chi connectivity index (χ2n) is 2.57. The zero-order chi connectivity index (χ0) is 7.68. The van der Waals surface area contributed by atoms with Gasteiger partial charge in [0.2, 0.25) is 0 Å². The van der Waals surface area contributed by atoms with E-state index in [1.54, 1.807) is 7.12 Å². The fourth-order valence-electron chi connectivity index (χ4n) is 1.31. The predicted molar refractivity (Wildman–Crippen MR) is 43.0 cm³/mol. The normalized spacial score (nSPS) is 31.4. The van der Waals surface area contributed by atoms with E-state index in [1.165, 1.54) is 0 Å². The Morgan fingerprint density at radius 3 is 3.27 bits per heavy atom. The van der Waals surface area contributed by atoms with Crippen molar-refractivity contribution in [3.63, 3.8) is 0 Å². The van der Waals surface area contributed by atoms with E-state index in [1.807, 2.05) is 24.3 Å². The van der Waals surface area contributed by atoms with Crippen LogP contribution < -0.4 is 0 Å². The van der Waals surface area contributed by atoms with E-state index in [0.717, 1.165) is 5.46 Å². The molecule has 1 aliphatic carbocycles. The topological polar surface area (TPSA) is 33.0 Å². The van der Waals surface area contributed by atoms with E-state index in [4.69, 9.17) is 9.92 Å². The second kappa shape index (κ2) is 2.39. The Labute approximate surface area is 65.7 Å². The van der Waals surface area contributed by atoms with E-state index in [9.17, 15) is 0 Å². The molecule has 0 saturated carbocycles. The van der Waals surface area contributed by atoms with Gasteiger partial charge in [-0.2, -0.15) is 0 Å². The Morgan fingerprint density at radius 1 is 1.55 bits per heavy atom. The van der Waals surface area contributed by atoms with Crippen molar-refractivity contribution >= 4 is 12.6 Å². The Morgan fingerprint density at radius 2 is 2.45 bits per heavy atom. The molecular formula is C8H6BNO. The first-order valence-electron chi connectivity index (χ1n) is 3.52. The molecule has 2 rings (SSSR count). The molecule has 0 radical (unpaired) electrons. The molecule has 0 N–H and O–H groups in total. The fourth-order valence-corrected chi connectivity index (χ4v) is 1.31. The van der Waals surface area contributed by atoms with Gasteiger partial charge in [-0.25, -0.2) is 0 Å². The standard InChI is InChI=1S/C8H6BNO/c10-5-8-6-3-1-2-4-7(6)9-11-8/h1-4,6,8H. The molecule has 1 aliphatic heterocycles. The summed E-state index contributed by atoms with van der Waals surface area (Å²) in [6.07, 6.45) is 7.55. The molecule has 0 amide bonds. The maximum atomic E-state index is 8.64. The number of nitrogens with zero attached hydrogens (tertiary/aromatic N) is 1. The van der Waals surface area contributed by atoms with Gasteiger partial charge in [0, 0.05) is 0 Å². The molecule has 0 spiro atoms. The number of rotatable bonds is 0. The molecule has 2 nitrogen and oxygen atoms in total. The van der Waals surface area contributed by atoms with Crippen molar-refractivity contribution < 1.29 is 4.65 Å². The van der Waals surface area contributed by atoms with Gasteiger partial charge in [-0.1, -0.05) is 0 Å². The van der Waals surface area contributed by atoms with E-state index < -0.39 is 0 Å². The first kappa shape index (κ1) is 6.42. The van der Waals surface area contributed by atoms with Crippen molar-refractivity contribution in [3.8, 4) is 6.07 Å². The molecule has 52 valence electrons. The van der Waals surface area contributed by atoms with Crippen LogP contribution in [0.4, 0.5) is 0 Å². The van der Waals surface area contributed by atoms with E-state index in [0.29, 0.717) is 0 Å². The molecule has 2 aliphatic rings. The first-order valence-corrected chi connectivity index (χ1v) is 3.52. The van der Waals surface area contributed by atoms with Crippen LogP contribution in [0.2, 0.25) is 0 Å². The number of hydrogen-bond donors (Lipinski definition) is 0. The molecule has 0 aromatic heterocycles. The third kappa shape index (κ3) is 0.913. The van der Waals surface area contributed by atoms with Gasteiger partial charge in [-0.3, -0.25) is 0 Å². The molecule has 0 bridgehead atoms. The summed E-state index contributed by atoms with van der Waals surface area (Å²) in [5.74, 6) is 0.157. The van der Waals surface area contributed by atoms with Crippen molar-refractivity contribution in [1.82, 2.24) is 0 Å². The molecule has 3 heteroatoms. The summed E-state index contributed by atoms with van der Waals surface area (Å²) in [6.45, 7) is 0. The summed E-state index contributed by atoms with van der Waals surface area (Å²) in [5, 5.41) is 8.64. The fraction of sp³-hybridized carbons (Fsp3) is 0.250. The van der Waals surface area contributed by atoms with Gasteiger partial charge in [-0.05, 0) is 0 Å². The van der Waals surface area contributed by atoms with Crippen molar-refractivity contribution in [2.45, 2.75) is 6.10 Å². The summed E-state index contributed by atoms with van der Waals surface area (Å²) in [7, 11) is 1.67. The number of nitriles is 1. The Bertz CT molecular complexity index is 298. The van der Waals surface area contributed by atoms with Crippen LogP contribution in [0.3, 0.4) is 0 Å².